The van der Waals surface area contributed by atoms with Crippen LogP contribution in [-0.2, 0) is 13.0 Å². The van der Waals surface area contributed by atoms with E-state index in [9.17, 15) is 0 Å². The number of aliphatic imine (C=N–C) groups is 1. The van der Waals surface area contributed by atoms with E-state index in [1.165, 1.54) is 24.0 Å². The second-order valence-corrected chi connectivity index (χ2v) is 4.39. The van der Waals surface area contributed by atoms with E-state index in [1.807, 2.05) is 0 Å². The van der Waals surface area contributed by atoms with Gasteiger partial charge in [-0.25, -0.2) is 0 Å². The third kappa shape index (κ3) is 4.69. The van der Waals surface area contributed by atoms with Crippen molar-refractivity contribution >= 4 is 22.9 Å². The number of nitrogens with zero attached hydrogens (tertiary/aromatic N) is 1. The second kappa shape index (κ2) is 8.14. The molecule has 0 saturated heterocycles. The maximum atomic E-state index is 4.48. The van der Waals surface area contributed by atoms with Crippen LogP contribution in [-0.4, -0.2) is 19.0 Å². The molecule has 1 aromatic carbocycles. The van der Waals surface area contributed by atoms with Crippen LogP contribution in [0.1, 0.15) is 30.9 Å². The quantitative estimate of drug-likeness (QED) is 0.900. The van der Waals surface area contributed by atoms with Gasteiger partial charge in [0.25, 0.3) is 0 Å². The molecule has 0 saturated carbocycles. The molecule has 0 fully saturated rings. The number of hydrogen-bond donors (Lipinski definition) is 2. The first kappa shape index (κ1) is 15.0. The van der Waals surface area contributed by atoms with Gasteiger partial charge >= 0.3 is 0 Å². The van der Waals surface area contributed by atoms with Crippen molar-refractivity contribution < 1.29 is 0 Å². The molecule has 0 amide bonds. The Balaban J connectivity index is 0.00000162. The van der Waals surface area contributed by atoms with E-state index in [4.69, 9.17) is 0 Å². The Hall–Kier alpha value is -1.03. The van der Waals surface area contributed by atoms with Crippen LogP contribution in [0.2, 0.25) is 0 Å². The Morgan fingerprint density at radius 2 is 2.11 bits per heavy atom. The van der Waals surface area contributed by atoms with Crippen LogP contribution in [0.5, 0.6) is 0 Å². The zero-order valence-corrected chi connectivity index (χ0v) is 12.6. The van der Waals surface area contributed by atoms with Gasteiger partial charge in [0.15, 0.2) is 5.96 Å². The van der Waals surface area contributed by atoms with E-state index >= 15 is 0 Å². The first-order valence-corrected chi connectivity index (χ1v) is 6.48. The number of halogens is 1. The normalized spacial score (nSPS) is 14.8. The second-order valence-electron chi connectivity index (χ2n) is 4.39. The van der Waals surface area contributed by atoms with Crippen LogP contribution >= 0.6 is 17.0 Å². The number of nitrogens with one attached hydrogen (secondary N) is 2. The Morgan fingerprint density at radius 1 is 1.28 bits per heavy atom. The van der Waals surface area contributed by atoms with Crippen molar-refractivity contribution in [3.8, 4) is 0 Å². The molecule has 18 heavy (non-hydrogen) atoms. The summed E-state index contributed by atoms with van der Waals surface area (Å²) < 4.78 is 0. The zero-order chi connectivity index (χ0) is 11.9. The largest absolute Gasteiger partial charge is 0.356 e. The van der Waals surface area contributed by atoms with Gasteiger partial charge in [-0.1, -0.05) is 31.2 Å². The van der Waals surface area contributed by atoms with Gasteiger partial charge in [-0.3, -0.25) is 4.99 Å². The van der Waals surface area contributed by atoms with Gasteiger partial charge in [0.1, 0.15) is 0 Å². The molecule has 0 spiro atoms. The molecule has 0 aromatic heterocycles. The summed E-state index contributed by atoms with van der Waals surface area (Å²) in [6.07, 6.45) is 3.48. The number of aryl methyl sites for hydroxylation is 1. The summed E-state index contributed by atoms with van der Waals surface area (Å²) in [7, 11) is 0. The van der Waals surface area contributed by atoms with Crippen LogP contribution in [0.25, 0.3) is 0 Å². The molecule has 2 rings (SSSR count). The molecule has 0 radical (unpaired) electrons. The lowest BCUT2D eigenvalue weighted by Crippen LogP contribution is -2.36. The Kier molecular flexibility index (Phi) is 6.80. The fraction of sp³-hybridized carbons (Fsp3) is 0.500. The van der Waals surface area contributed by atoms with Gasteiger partial charge < -0.3 is 10.6 Å². The third-order valence-corrected chi connectivity index (χ3v) is 3.01. The number of guanidine groups is 1. The molecule has 2 N–H and O–H groups in total. The van der Waals surface area contributed by atoms with E-state index in [2.05, 4.69) is 46.8 Å². The van der Waals surface area contributed by atoms with Crippen LogP contribution in [0.3, 0.4) is 0 Å². The van der Waals surface area contributed by atoms with Crippen molar-refractivity contribution in [2.45, 2.75) is 32.7 Å². The average Bonchev–Trinajstić information content (AvgIpc) is 2.65. The van der Waals surface area contributed by atoms with E-state index in [-0.39, 0.29) is 17.0 Å². The van der Waals surface area contributed by atoms with Crippen molar-refractivity contribution in [2.75, 3.05) is 13.1 Å². The highest BCUT2D eigenvalue weighted by Gasteiger charge is 2.02. The monoisotopic (exact) mass is 311 g/mol. The molecule has 0 aliphatic carbocycles. The lowest BCUT2D eigenvalue weighted by Gasteiger charge is -2.10. The van der Waals surface area contributed by atoms with Gasteiger partial charge in [0.2, 0.25) is 0 Å². The topological polar surface area (TPSA) is 36.4 Å². The molecule has 4 heteroatoms. The van der Waals surface area contributed by atoms with Crippen molar-refractivity contribution in [2.24, 2.45) is 4.99 Å². The summed E-state index contributed by atoms with van der Waals surface area (Å²) in [4.78, 5) is 4.48. The summed E-state index contributed by atoms with van der Waals surface area (Å²) in [5, 5.41) is 6.69. The standard InChI is InChI=1S/C14H21N3.BrH/c1-2-12-6-5-7-13(10-12)11-17-14-15-8-3-4-9-16-14;/h5-7,10H,2-4,8-9,11H2,1H3,(H2,15,16,17);1H. The maximum absolute atomic E-state index is 4.48. The lowest BCUT2D eigenvalue weighted by molar-refractivity contribution is 0.742. The average molecular weight is 312 g/mol. The smallest absolute Gasteiger partial charge is 0.191 e. The maximum Gasteiger partial charge on any atom is 0.191 e. The van der Waals surface area contributed by atoms with Gasteiger partial charge in [0.05, 0.1) is 0 Å². The van der Waals surface area contributed by atoms with Crippen molar-refractivity contribution in [1.82, 2.24) is 10.6 Å². The summed E-state index contributed by atoms with van der Waals surface area (Å²) in [5.74, 6) is 0.949. The molecule has 1 heterocycles. The molecule has 0 bridgehead atoms. The van der Waals surface area contributed by atoms with Crippen LogP contribution < -0.4 is 10.6 Å². The molecule has 1 aromatic rings. The lowest BCUT2D eigenvalue weighted by atomic mass is 10.1. The summed E-state index contributed by atoms with van der Waals surface area (Å²) >= 11 is 0. The zero-order valence-electron chi connectivity index (χ0n) is 10.9. The number of benzene rings is 1. The Bertz CT molecular complexity index is 390. The molecule has 0 atom stereocenters. The number of rotatable bonds is 3. The van der Waals surface area contributed by atoms with E-state index < -0.39 is 0 Å². The molecular formula is C14H22BrN3. The van der Waals surface area contributed by atoms with Gasteiger partial charge in [0, 0.05) is 19.6 Å². The van der Waals surface area contributed by atoms with Crippen molar-refractivity contribution in [3.05, 3.63) is 35.4 Å². The van der Waals surface area contributed by atoms with E-state index in [1.54, 1.807) is 0 Å². The van der Waals surface area contributed by atoms with Crippen LogP contribution in [0, 0.1) is 0 Å². The first-order valence-electron chi connectivity index (χ1n) is 6.48. The molecule has 1 aliphatic rings. The van der Waals surface area contributed by atoms with Crippen LogP contribution in [0.15, 0.2) is 29.3 Å². The molecule has 0 unspecified atom stereocenters. The predicted octanol–water partition coefficient (Wildman–Crippen LogP) is 2.66. The summed E-state index contributed by atoms with van der Waals surface area (Å²) in [6.45, 7) is 4.99. The minimum Gasteiger partial charge on any atom is -0.356 e. The van der Waals surface area contributed by atoms with Crippen LogP contribution in [0.4, 0.5) is 0 Å². The van der Waals surface area contributed by atoms with E-state index in [0.29, 0.717) is 0 Å². The highest BCUT2D eigenvalue weighted by Crippen LogP contribution is 2.05. The van der Waals surface area contributed by atoms with Crippen molar-refractivity contribution in [3.63, 3.8) is 0 Å². The van der Waals surface area contributed by atoms with Gasteiger partial charge in [-0.2, -0.15) is 0 Å². The third-order valence-electron chi connectivity index (χ3n) is 3.01. The highest BCUT2D eigenvalue weighted by atomic mass is 79.9. The minimum absolute atomic E-state index is 0. The highest BCUT2D eigenvalue weighted by molar-refractivity contribution is 8.93. The Labute approximate surface area is 120 Å². The Morgan fingerprint density at radius 3 is 2.94 bits per heavy atom. The van der Waals surface area contributed by atoms with Crippen molar-refractivity contribution in [1.29, 1.82) is 0 Å². The summed E-state index contributed by atoms with van der Waals surface area (Å²) in [5.41, 5.74) is 2.71. The molecular weight excluding hydrogens is 290 g/mol. The SMILES string of the molecule is Br.CCc1cccc(CNC2=NCCCCN2)c1. The first-order chi connectivity index (χ1) is 8.38. The van der Waals surface area contributed by atoms with E-state index in [0.717, 1.165) is 32.0 Å². The summed E-state index contributed by atoms with van der Waals surface area (Å²) in [6, 6.07) is 8.71. The number of hydrogen-bond acceptors (Lipinski definition) is 3. The minimum atomic E-state index is 0. The fourth-order valence-corrected chi connectivity index (χ4v) is 1.95. The molecule has 100 valence electrons. The van der Waals surface area contributed by atoms with Gasteiger partial charge in [-0.15, -0.1) is 17.0 Å². The molecule has 1 aliphatic heterocycles. The van der Waals surface area contributed by atoms with Gasteiger partial charge in [-0.05, 0) is 30.4 Å². The predicted molar refractivity (Wildman–Crippen MR) is 82.5 cm³/mol. The molecule has 3 nitrogen and oxygen atoms in total. The fourth-order valence-electron chi connectivity index (χ4n) is 1.95.